The molecule has 4 nitrogen and oxygen atoms in total. The van der Waals surface area contributed by atoms with E-state index < -0.39 is 0 Å². The lowest BCUT2D eigenvalue weighted by Crippen LogP contribution is -2.34. The number of benzene rings is 2. The van der Waals surface area contributed by atoms with Crippen LogP contribution in [0.1, 0.15) is 120 Å². The Labute approximate surface area is 260 Å². The van der Waals surface area contributed by atoms with Crippen molar-refractivity contribution in [1.82, 2.24) is 0 Å². The first kappa shape index (κ1) is 33.6. The van der Waals surface area contributed by atoms with Crippen molar-refractivity contribution in [2.45, 2.75) is 117 Å². The quantitative estimate of drug-likeness (QED) is 0.0911. The number of carbonyl (C=O) groups excluding carboxylic acids is 1. The highest BCUT2D eigenvalue weighted by Crippen LogP contribution is 2.28. The Kier molecular flexibility index (Phi) is 16.1. The van der Waals surface area contributed by atoms with Gasteiger partial charge < -0.3 is 9.64 Å². The van der Waals surface area contributed by atoms with E-state index in [0.717, 1.165) is 24.2 Å². The summed E-state index contributed by atoms with van der Waals surface area (Å²) >= 11 is 6.62. The molecule has 1 amide bonds. The number of aryl methyl sites for hydroxylation is 1. The van der Waals surface area contributed by atoms with Gasteiger partial charge in [0.15, 0.2) is 12.4 Å². The Balaban J connectivity index is 1.38. The fourth-order valence-electron chi connectivity index (χ4n) is 5.28. The van der Waals surface area contributed by atoms with Crippen LogP contribution in [0.4, 0.5) is 5.69 Å². The zero-order valence-electron chi connectivity index (χ0n) is 26.0. The first-order valence-electron chi connectivity index (χ1n) is 16.4. The molecule has 0 atom stereocenters. The highest BCUT2D eigenvalue weighted by Gasteiger charge is 2.20. The van der Waals surface area contributed by atoms with Gasteiger partial charge in [0.05, 0.1) is 23.7 Å². The van der Waals surface area contributed by atoms with Crippen LogP contribution in [-0.2, 0) is 13.1 Å². The number of rotatable bonds is 21. The number of carbonyl (C=O) groups is 1. The second kappa shape index (κ2) is 20.1. The molecule has 0 N–H and O–H groups in total. The molecule has 0 spiro atoms. The normalized spacial score (nSPS) is 11.0. The van der Waals surface area contributed by atoms with Crippen molar-refractivity contribution < 1.29 is 14.1 Å². The molecular formula is C37H52ClN2O2+. The van der Waals surface area contributed by atoms with Crippen LogP contribution in [0.25, 0.3) is 0 Å². The van der Waals surface area contributed by atoms with E-state index in [0.29, 0.717) is 29.5 Å². The monoisotopic (exact) mass is 591 g/mol. The second-order valence-corrected chi connectivity index (χ2v) is 11.8. The van der Waals surface area contributed by atoms with Crippen LogP contribution in [0.5, 0.6) is 5.75 Å². The third-order valence-electron chi connectivity index (χ3n) is 7.91. The molecule has 0 aliphatic rings. The van der Waals surface area contributed by atoms with Crippen molar-refractivity contribution in [2.24, 2.45) is 0 Å². The number of amides is 1. The van der Waals surface area contributed by atoms with Crippen molar-refractivity contribution >= 4 is 23.2 Å². The van der Waals surface area contributed by atoms with Gasteiger partial charge in [0.1, 0.15) is 12.3 Å². The molecule has 0 unspecified atom stereocenters. The zero-order chi connectivity index (χ0) is 29.8. The highest BCUT2D eigenvalue weighted by molar-refractivity contribution is 6.32. The van der Waals surface area contributed by atoms with Crippen molar-refractivity contribution in [3.63, 3.8) is 0 Å². The summed E-state index contributed by atoms with van der Waals surface area (Å²) in [5.41, 5.74) is 2.47. The number of para-hydroxylation sites is 1. The minimum Gasteiger partial charge on any atom is -0.492 e. The van der Waals surface area contributed by atoms with Crippen LogP contribution in [0.15, 0.2) is 73.1 Å². The fourth-order valence-corrected chi connectivity index (χ4v) is 5.53. The molecule has 2 aromatic carbocycles. The molecule has 1 heterocycles. The molecule has 0 radical (unpaired) electrons. The Morgan fingerprint density at radius 2 is 1.31 bits per heavy atom. The van der Waals surface area contributed by atoms with E-state index in [2.05, 4.69) is 13.8 Å². The molecule has 42 heavy (non-hydrogen) atoms. The van der Waals surface area contributed by atoms with E-state index in [4.69, 9.17) is 16.3 Å². The smallest absolute Gasteiger partial charge is 0.259 e. The Hall–Kier alpha value is -2.85. The minimum atomic E-state index is -0.0429. The number of anilines is 1. The Bertz CT molecular complexity index is 1150. The van der Waals surface area contributed by atoms with Crippen LogP contribution in [0.2, 0.25) is 5.02 Å². The van der Waals surface area contributed by atoms with Crippen LogP contribution in [0, 0.1) is 0 Å². The first-order valence-corrected chi connectivity index (χ1v) is 16.8. The molecule has 3 aromatic rings. The van der Waals surface area contributed by atoms with Gasteiger partial charge >= 0.3 is 0 Å². The van der Waals surface area contributed by atoms with E-state index in [1.165, 1.54) is 83.5 Å². The van der Waals surface area contributed by atoms with Crippen molar-refractivity contribution in [3.8, 4) is 5.75 Å². The Morgan fingerprint density at radius 1 is 0.738 bits per heavy atom. The van der Waals surface area contributed by atoms with Crippen LogP contribution < -0.4 is 14.2 Å². The van der Waals surface area contributed by atoms with E-state index in [1.54, 1.807) is 4.90 Å². The van der Waals surface area contributed by atoms with Gasteiger partial charge in [-0.1, -0.05) is 126 Å². The van der Waals surface area contributed by atoms with E-state index >= 15 is 0 Å². The number of aromatic nitrogens is 1. The van der Waals surface area contributed by atoms with Crippen LogP contribution in [0.3, 0.4) is 0 Å². The molecule has 0 aliphatic carbocycles. The molecule has 0 aliphatic heterocycles. The maximum atomic E-state index is 13.5. The number of hydrogen-bond acceptors (Lipinski definition) is 2. The molecule has 0 fully saturated rings. The summed E-state index contributed by atoms with van der Waals surface area (Å²) < 4.78 is 8.05. The largest absolute Gasteiger partial charge is 0.492 e. The predicted octanol–water partition coefficient (Wildman–Crippen LogP) is 10.4. The van der Waals surface area contributed by atoms with Gasteiger partial charge in [-0.15, -0.1) is 0 Å². The number of nitrogens with zero attached hydrogens (tertiary/aromatic N) is 2. The molecule has 1 aromatic heterocycles. The molecule has 3 rings (SSSR count). The number of unbranched alkanes of at least 4 members (excludes halogenated alkanes) is 13. The highest BCUT2D eigenvalue weighted by atomic mass is 35.5. The predicted molar refractivity (Wildman–Crippen MR) is 177 cm³/mol. The third kappa shape index (κ3) is 12.2. The summed E-state index contributed by atoms with van der Waals surface area (Å²) in [6.45, 7) is 6.32. The van der Waals surface area contributed by atoms with Crippen molar-refractivity contribution in [1.29, 1.82) is 0 Å². The SMILES string of the molecule is CCCCCCCCCCCCCCCCOc1ccc(CN(C(=O)c2cc[n+](CC)cc2)c2ccccc2)cc1Cl. The van der Waals surface area contributed by atoms with Gasteiger partial charge in [0.2, 0.25) is 0 Å². The van der Waals surface area contributed by atoms with Gasteiger partial charge in [-0.2, -0.15) is 0 Å². The van der Waals surface area contributed by atoms with Crippen molar-refractivity contribution in [3.05, 3.63) is 89.2 Å². The lowest BCUT2D eigenvalue weighted by Gasteiger charge is -2.23. The van der Waals surface area contributed by atoms with Gasteiger partial charge in [-0.25, -0.2) is 4.57 Å². The molecule has 0 saturated carbocycles. The second-order valence-electron chi connectivity index (χ2n) is 11.4. The molecule has 228 valence electrons. The van der Waals surface area contributed by atoms with Gasteiger partial charge in [-0.3, -0.25) is 4.79 Å². The molecule has 0 saturated heterocycles. The zero-order valence-corrected chi connectivity index (χ0v) is 26.8. The van der Waals surface area contributed by atoms with Crippen LogP contribution >= 0.6 is 11.6 Å². The lowest BCUT2D eigenvalue weighted by atomic mass is 10.0. The Morgan fingerprint density at radius 3 is 1.86 bits per heavy atom. The topological polar surface area (TPSA) is 33.4 Å². The summed E-state index contributed by atoms with van der Waals surface area (Å²) in [4.78, 5) is 15.3. The fraction of sp³-hybridized carbons (Fsp3) is 0.514. The lowest BCUT2D eigenvalue weighted by molar-refractivity contribution is -0.693. The number of ether oxygens (including phenoxy) is 1. The third-order valence-corrected chi connectivity index (χ3v) is 8.20. The van der Waals surface area contributed by atoms with Gasteiger partial charge in [-0.05, 0) is 43.2 Å². The maximum absolute atomic E-state index is 13.5. The standard InChI is InChI=1S/C37H52ClN2O2/c1-3-5-6-7-8-9-10-11-12-13-14-15-16-20-29-42-36-24-23-32(30-35(36)38)31-40(34-21-18-17-19-22-34)37(41)33-25-27-39(4-2)28-26-33/h17-19,21-28,30H,3-16,20,29,31H2,1-2H3/q+1. The molecule has 0 bridgehead atoms. The summed E-state index contributed by atoms with van der Waals surface area (Å²) in [5, 5.41) is 0.585. The average Bonchev–Trinajstić information content (AvgIpc) is 3.02. The number of pyridine rings is 1. The van der Waals surface area contributed by atoms with Gasteiger partial charge in [0, 0.05) is 17.8 Å². The van der Waals surface area contributed by atoms with Crippen molar-refractivity contribution in [2.75, 3.05) is 11.5 Å². The van der Waals surface area contributed by atoms with E-state index in [-0.39, 0.29) is 5.91 Å². The van der Waals surface area contributed by atoms with E-state index in [9.17, 15) is 4.79 Å². The molecular weight excluding hydrogens is 540 g/mol. The average molecular weight is 592 g/mol. The minimum absolute atomic E-state index is 0.0429. The number of hydrogen-bond donors (Lipinski definition) is 0. The molecule has 5 heteroatoms. The van der Waals surface area contributed by atoms with Crippen LogP contribution in [-0.4, -0.2) is 12.5 Å². The van der Waals surface area contributed by atoms with E-state index in [1.807, 2.05) is 77.6 Å². The first-order chi connectivity index (χ1) is 20.6. The maximum Gasteiger partial charge on any atom is 0.259 e. The summed E-state index contributed by atoms with van der Waals surface area (Å²) in [6.07, 6.45) is 22.7. The summed E-state index contributed by atoms with van der Waals surface area (Å²) in [7, 11) is 0. The summed E-state index contributed by atoms with van der Waals surface area (Å²) in [6, 6.07) is 19.4. The summed E-state index contributed by atoms with van der Waals surface area (Å²) in [5.74, 6) is 0.665. The number of halogens is 1. The van der Waals surface area contributed by atoms with Gasteiger partial charge in [0.25, 0.3) is 5.91 Å².